The van der Waals surface area contributed by atoms with Gasteiger partial charge in [-0.15, -0.1) is 0 Å². The Kier molecular flexibility index (Phi) is 22.2. The molecular weight excluding hydrogens is 1360 g/mol. The van der Waals surface area contributed by atoms with Crippen LogP contribution in [0, 0.1) is 29.1 Å². The molecule has 4 aromatic heterocycles. The third kappa shape index (κ3) is 18.1. The molecule has 12 rings (SSSR count). The van der Waals surface area contributed by atoms with Crippen LogP contribution in [0.4, 0.5) is 20.4 Å². The summed E-state index contributed by atoms with van der Waals surface area (Å²) in [7, 11) is -4.52. The number of hydrogen-bond donors (Lipinski definition) is 8. The number of nitrogens with two attached hydrogens (primary N) is 1. The van der Waals surface area contributed by atoms with Crippen molar-refractivity contribution in [2.45, 2.75) is 143 Å². The third-order valence-electron chi connectivity index (χ3n) is 19.7. The second-order valence-corrected chi connectivity index (χ2v) is 31.3. The number of fused-ring (bicyclic) bond motifs is 2. The van der Waals surface area contributed by atoms with Crippen molar-refractivity contribution in [1.82, 2.24) is 50.5 Å². The summed E-state index contributed by atoms with van der Waals surface area (Å²) in [5.41, 5.74) is 8.96. The molecule has 4 aliphatic carbocycles. The lowest BCUT2D eigenvalue weighted by atomic mass is 9.39. The maximum Gasteiger partial charge on any atom is 0.410 e. The van der Waals surface area contributed by atoms with Crippen molar-refractivity contribution in [3.8, 4) is 22.4 Å². The first-order valence-electron chi connectivity index (χ1n) is 34.4. The summed E-state index contributed by atoms with van der Waals surface area (Å²) in [6.07, 6.45) is 11.6. The van der Waals surface area contributed by atoms with E-state index < -0.39 is 75.9 Å². The lowest BCUT2D eigenvalue weighted by Gasteiger charge is -2.69. The molecule has 3 aromatic carbocycles. The Bertz CT molecular complexity index is 4530. The van der Waals surface area contributed by atoms with Crippen LogP contribution in [-0.4, -0.2) is 162 Å². The molecular formula is C73H85N13O15S2. The second-order valence-electron chi connectivity index (χ2n) is 28.7. The number of thiazole rings is 1. The number of carbonyl (C=O) groups excluding carboxylic acids is 8. The van der Waals surface area contributed by atoms with Gasteiger partial charge in [0, 0.05) is 96.5 Å². The summed E-state index contributed by atoms with van der Waals surface area (Å²) in [6, 6.07) is 21.5. The van der Waals surface area contributed by atoms with E-state index in [4.69, 9.17) is 20.3 Å². The summed E-state index contributed by atoms with van der Waals surface area (Å²) in [5, 5.41) is 30.3. The van der Waals surface area contributed by atoms with Crippen molar-refractivity contribution in [2.24, 2.45) is 27.9 Å². The number of carboxylic acids is 1. The number of benzene rings is 3. The molecule has 5 heterocycles. The van der Waals surface area contributed by atoms with E-state index in [9.17, 15) is 61.2 Å². The number of hydrogen-bond acceptors (Lipinski definition) is 18. The van der Waals surface area contributed by atoms with Crippen molar-refractivity contribution in [2.75, 3.05) is 49.2 Å². The maximum atomic E-state index is 13.9. The van der Waals surface area contributed by atoms with Gasteiger partial charge < -0.3 is 46.5 Å². The number of nitrogens with zero attached hydrogens (tertiary/aromatic N) is 7. The van der Waals surface area contributed by atoms with Crippen LogP contribution in [0.15, 0.2) is 109 Å². The molecule has 4 bridgehead atoms. The van der Waals surface area contributed by atoms with Gasteiger partial charge in [-0.3, -0.25) is 53.2 Å². The number of amides is 9. The minimum atomic E-state index is -4.52. The fraction of sp³-hybridized carbons (Fsp3) is 0.438. The number of nitrogens with one attached hydrogen (secondary N) is 5. The van der Waals surface area contributed by atoms with Crippen molar-refractivity contribution in [3.05, 3.63) is 132 Å². The number of para-hydroxylation sites is 1. The molecule has 7 aromatic rings. The van der Waals surface area contributed by atoms with E-state index in [-0.39, 0.29) is 97.7 Å². The molecule has 9 amide bonds. The lowest BCUT2D eigenvalue weighted by Crippen LogP contribution is -2.64. The summed E-state index contributed by atoms with van der Waals surface area (Å²) in [5.74, 6) is -5.14. The predicted molar refractivity (Wildman–Crippen MR) is 384 cm³/mol. The molecule has 103 heavy (non-hydrogen) atoms. The molecule has 4 saturated carbocycles. The van der Waals surface area contributed by atoms with Gasteiger partial charge >= 0.3 is 18.1 Å². The predicted octanol–water partition coefficient (Wildman–Crippen LogP) is 9.19. The summed E-state index contributed by atoms with van der Waals surface area (Å²) >= 11 is 1.36. The number of rotatable bonds is 32. The molecule has 4 atom stereocenters. The highest BCUT2D eigenvalue weighted by Gasteiger charge is 2.66. The topological polar surface area (TPSA) is 396 Å². The number of pyridine rings is 2. The molecule has 5 aliphatic rings. The van der Waals surface area contributed by atoms with Crippen molar-refractivity contribution >= 4 is 107 Å². The second kappa shape index (κ2) is 30.9. The number of aromatic nitrogens is 5. The van der Waals surface area contributed by atoms with E-state index in [2.05, 4.69) is 55.4 Å². The molecule has 9 N–H and O–H groups in total. The monoisotopic (exact) mass is 1450 g/mol. The molecule has 1 aliphatic heterocycles. The van der Waals surface area contributed by atoms with Crippen LogP contribution in [0.2, 0.25) is 0 Å². The van der Waals surface area contributed by atoms with Crippen molar-refractivity contribution < 1.29 is 70.7 Å². The fourth-order valence-corrected chi connectivity index (χ4v) is 17.5. The fourth-order valence-electron chi connectivity index (χ4n) is 16.2. The van der Waals surface area contributed by atoms with Crippen molar-refractivity contribution in [3.63, 3.8) is 0 Å². The minimum absolute atomic E-state index is 0.0183. The van der Waals surface area contributed by atoms with E-state index >= 15 is 0 Å². The molecule has 544 valence electrons. The first-order valence-corrected chi connectivity index (χ1v) is 36.8. The Balaban J connectivity index is 0.707. The molecule has 2 unspecified atom stereocenters. The van der Waals surface area contributed by atoms with Crippen LogP contribution in [0.5, 0.6) is 0 Å². The highest BCUT2D eigenvalue weighted by atomic mass is 32.2. The standard InChI is InChI=1S/C73H85N13O15S2/c1-44(2)61(82-58(87)18-7-6-10-28-85-59(88)25-26-60(85)89)65(92)80-56(16-12-27-75-67(74)95)64(91)78-48-21-19-46(20-22-48)36-100-69(96)84(30-32-103(97,98)99)29-31-101-73-40-70(4)37-71(5,41-73)39-72(38-70,42-73)43-86-45(3)52(35-77-86)49-23-24-53(79-62(49)66(93)94)47-33-51-50(13-11-15-54(51)76-34-47)63(90)83-68-81-55-14-8-9-17-57(55)102-68/h8-9,11,13-15,17,19-26,33-35,44,56,61H,6-7,10,12,16,18,27-32,36-43H2,1-5H3,(H,78,91)(H,80,92)(H,82,87)(H,93,94)(H3,74,75,95)(H,81,83,90)(H,97,98,99)/t56-,61-,70?,71?,72?,73?/m0/s1. The van der Waals surface area contributed by atoms with E-state index in [1.165, 1.54) is 28.4 Å². The first-order chi connectivity index (χ1) is 49.0. The smallest absolute Gasteiger partial charge is 0.410 e. The number of imide groups is 1. The lowest BCUT2D eigenvalue weighted by molar-refractivity contribution is -0.248. The van der Waals surface area contributed by atoms with Crippen molar-refractivity contribution in [1.29, 1.82) is 0 Å². The number of carboxylic acid groups (broad SMARTS) is 1. The number of primary amides is 1. The van der Waals surface area contributed by atoms with Crippen LogP contribution >= 0.6 is 11.3 Å². The average molecular weight is 1450 g/mol. The van der Waals surface area contributed by atoms with Gasteiger partial charge in [-0.25, -0.2) is 24.4 Å². The zero-order valence-electron chi connectivity index (χ0n) is 58.0. The third-order valence-corrected chi connectivity index (χ3v) is 21.3. The number of anilines is 2. The molecule has 0 spiro atoms. The Labute approximate surface area is 599 Å². The number of unbranched alkanes of at least 4 members (excludes halogenated alkanes) is 2. The highest BCUT2D eigenvalue weighted by Crippen LogP contribution is 2.72. The molecule has 4 fully saturated rings. The Hall–Kier alpha value is -10.0. The van der Waals surface area contributed by atoms with Gasteiger partial charge in [-0.2, -0.15) is 13.5 Å². The minimum Gasteiger partial charge on any atom is -0.476 e. The van der Waals surface area contributed by atoms with E-state index in [0.29, 0.717) is 87.5 Å². The normalized spacial score (nSPS) is 20.3. The van der Waals surface area contributed by atoms with E-state index in [0.717, 1.165) is 52.9 Å². The van der Waals surface area contributed by atoms with Gasteiger partial charge in [0.2, 0.25) is 17.7 Å². The number of urea groups is 1. The van der Waals surface area contributed by atoms with Gasteiger partial charge in [-0.1, -0.05) is 75.8 Å². The Morgan fingerprint density at radius 1 is 0.786 bits per heavy atom. The number of aromatic carboxylic acids is 1. The zero-order chi connectivity index (χ0) is 73.6. The van der Waals surface area contributed by atoms with Crippen LogP contribution in [0.25, 0.3) is 43.5 Å². The highest BCUT2D eigenvalue weighted by molar-refractivity contribution is 7.85. The van der Waals surface area contributed by atoms with Crippen LogP contribution in [0.1, 0.15) is 137 Å². The summed E-state index contributed by atoms with van der Waals surface area (Å²) < 4.78 is 49.6. The quantitative estimate of drug-likeness (QED) is 0.0111. The summed E-state index contributed by atoms with van der Waals surface area (Å²) in [4.78, 5) is 133. The number of ether oxygens (including phenoxy) is 2. The molecule has 0 saturated heterocycles. The Morgan fingerprint density at radius 3 is 2.21 bits per heavy atom. The largest absolute Gasteiger partial charge is 0.476 e. The van der Waals surface area contributed by atoms with Gasteiger partial charge in [0.1, 0.15) is 18.7 Å². The maximum absolute atomic E-state index is 13.9. The summed E-state index contributed by atoms with van der Waals surface area (Å²) in [6.45, 7) is 10.1. The Morgan fingerprint density at radius 2 is 1.51 bits per heavy atom. The SMILES string of the molecule is Cc1c(-c2ccc(-c3cnc4cccc(C(=O)Nc5nc6ccccc6s5)c4c3)nc2C(=O)O)cnn1CC12CC3(C)CC(C)(C1)CC(OCCN(CCS(=O)(=O)O)C(=O)OCc1ccc(NC(=O)[C@H](CCCNC(N)=O)NC(=O)[C@@H](NC(=O)CCCCCN4C(=O)C=CC4=O)C(C)C)cc1)(C3)C2. The van der Waals surface area contributed by atoms with Gasteiger partial charge in [0.15, 0.2) is 10.8 Å². The molecule has 28 nitrogen and oxygen atoms in total. The van der Waals surface area contributed by atoms with Crippen LogP contribution < -0.4 is 32.3 Å². The average Bonchev–Trinajstić information content (AvgIpc) is 0.895. The van der Waals surface area contributed by atoms with Gasteiger partial charge in [0.05, 0.1) is 45.6 Å². The molecule has 30 heteroatoms. The van der Waals surface area contributed by atoms with E-state index in [1.54, 1.807) is 86.9 Å². The van der Waals surface area contributed by atoms with Crippen LogP contribution in [0.3, 0.4) is 0 Å². The van der Waals surface area contributed by atoms with E-state index in [1.807, 2.05) is 35.9 Å². The van der Waals surface area contributed by atoms with Gasteiger partial charge in [-0.05, 0) is 153 Å². The number of carbonyl (C=O) groups is 9. The molecule has 0 radical (unpaired) electrons. The zero-order valence-corrected chi connectivity index (χ0v) is 59.6. The first kappa shape index (κ1) is 74.2. The van der Waals surface area contributed by atoms with Gasteiger partial charge in [0.25, 0.3) is 27.8 Å². The van der Waals surface area contributed by atoms with Crippen LogP contribution in [-0.2, 0) is 56.7 Å².